The molecule has 1 amide bonds. The van der Waals surface area contributed by atoms with Crippen molar-refractivity contribution >= 4 is 28.5 Å². The van der Waals surface area contributed by atoms with Crippen molar-refractivity contribution in [2.75, 3.05) is 33.3 Å². The minimum atomic E-state index is 0.0654. The topological polar surface area (TPSA) is 63.5 Å². The van der Waals surface area contributed by atoms with Crippen molar-refractivity contribution in [2.24, 2.45) is 0 Å². The molecule has 1 aliphatic heterocycles. The van der Waals surface area contributed by atoms with Crippen molar-refractivity contribution in [3.8, 4) is 5.75 Å². The Balaban J connectivity index is 1.35. The van der Waals surface area contributed by atoms with E-state index in [0.29, 0.717) is 18.1 Å². The normalized spacial score (nSPS) is 15.1. The molecule has 2 aromatic carbocycles. The second-order valence-electron chi connectivity index (χ2n) is 6.85. The summed E-state index contributed by atoms with van der Waals surface area (Å²) in [5.41, 5.74) is 2.74. The van der Waals surface area contributed by atoms with Crippen molar-refractivity contribution in [3.63, 3.8) is 0 Å². The van der Waals surface area contributed by atoms with E-state index in [-0.39, 0.29) is 12.5 Å². The van der Waals surface area contributed by atoms with E-state index < -0.39 is 0 Å². The van der Waals surface area contributed by atoms with Gasteiger partial charge in [0.05, 0.1) is 12.6 Å². The van der Waals surface area contributed by atoms with Gasteiger partial charge in [0.1, 0.15) is 17.8 Å². The molecule has 7 nitrogen and oxygen atoms in total. The number of fused-ring (bicyclic) bond motifs is 1. The van der Waals surface area contributed by atoms with Crippen LogP contribution >= 0.6 is 11.6 Å². The van der Waals surface area contributed by atoms with Gasteiger partial charge in [-0.15, -0.1) is 5.10 Å². The lowest BCUT2D eigenvalue weighted by Crippen LogP contribution is -2.49. The molecule has 0 unspecified atom stereocenters. The van der Waals surface area contributed by atoms with Gasteiger partial charge in [0.2, 0.25) is 5.91 Å². The maximum Gasteiger partial charge on any atom is 0.244 e. The van der Waals surface area contributed by atoms with Crippen LogP contribution in [0.2, 0.25) is 5.02 Å². The maximum absolute atomic E-state index is 12.7. The van der Waals surface area contributed by atoms with E-state index in [4.69, 9.17) is 16.3 Å². The first-order chi connectivity index (χ1) is 13.6. The molecule has 146 valence electrons. The highest BCUT2D eigenvalue weighted by molar-refractivity contribution is 6.30. The van der Waals surface area contributed by atoms with E-state index in [9.17, 15) is 4.79 Å². The van der Waals surface area contributed by atoms with Crippen LogP contribution in [-0.4, -0.2) is 64.0 Å². The van der Waals surface area contributed by atoms with Gasteiger partial charge in [0.25, 0.3) is 0 Å². The van der Waals surface area contributed by atoms with Gasteiger partial charge in [-0.3, -0.25) is 9.69 Å². The first kappa shape index (κ1) is 18.7. The number of piperazine rings is 1. The quantitative estimate of drug-likeness (QED) is 0.659. The number of carbonyl (C=O) groups is 1. The monoisotopic (exact) mass is 399 g/mol. The molecule has 0 saturated carbocycles. The molecular formula is C20H22ClN5O2. The fraction of sp³-hybridized carbons (Fsp3) is 0.350. The molecule has 3 aromatic rings. The van der Waals surface area contributed by atoms with E-state index >= 15 is 0 Å². The number of methoxy groups -OCH3 is 1. The van der Waals surface area contributed by atoms with Gasteiger partial charge in [-0.05, 0) is 30.3 Å². The van der Waals surface area contributed by atoms with Crippen molar-refractivity contribution in [3.05, 3.63) is 53.1 Å². The van der Waals surface area contributed by atoms with Gasteiger partial charge >= 0.3 is 0 Å². The molecule has 1 aromatic heterocycles. The van der Waals surface area contributed by atoms with Gasteiger partial charge in [0.15, 0.2) is 0 Å². The van der Waals surface area contributed by atoms with E-state index in [0.717, 1.165) is 42.0 Å². The number of nitrogens with zero attached hydrogens (tertiary/aromatic N) is 5. The first-order valence-corrected chi connectivity index (χ1v) is 9.62. The highest BCUT2D eigenvalue weighted by atomic mass is 35.5. The summed E-state index contributed by atoms with van der Waals surface area (Å²) in [6.07, 6.45) is 0. The second-order valence-corrected chi connectivity index (χ2v) is 7.29. The molecule has 8 heteroatoms. The van der Waals surface area contributed by atoms with E-state index in [1.165, 1.54) is 0 Å². The molecule has 1 aliphatic rings. The molecule has 28 heavy (non-hydrogen) atoms. The molecule has 0 radical (unpaired) electrons. The molecule has 2 heterocycles. The Hall–Kier alpha value is -2.64. The number of rotatable bonds is 5. The van der Waals surface area contributed by atoms with Crippen LogP contribution in [0.4, 0.5) is 0 Å². The summed E-state index contributed by atoms with van der Waals surface area (Å²) in [4.78, 5) is 16.9. The van der Waals surface area contributed by atoms with E-state index in [2.05, 4.69) is 15.2 Å². The molecule has 4 rings (SSSR count). The van der Waals surface area contributed by atoms with Crippen molar-refractivity contribution in [1.82, 2.24) is 24.8 Å². The third-order valence-electron chi connectivity index (χ3n) is 5.07. The minimum Gasteiger partial charge on any atom is -0.496 e. The van der Waals surface area contributed by atoms with Crippen LogP contribution in [0.25, 0.3) is 11.0 Å². The third kappa shape index (κ3) is 3.95. The zero-order valence-electron chi connectivity index (χ0n) is 15.7. The number of ether oxygens (including phenoxy) is 1. The van der Waals surface area contributed by atoms with Gasteiger partial charge in [0, 0.05) is 43.3 Å². The largest absolute Gasteiger partial charge is 0.496 e. The molecule has 0 spiro atoms. The zero-order valence-corrected chi connectivity index (χ0v) is 16.5. The third-order valence-corrected chi connectivity index (χ3v) is 5.30. The number of carbonyl (C=O) groups excluding carboxylic acids is 1. The van der Waals surface area contributed by atoms with Crippen LogP contribution in [0.5, 0.6) is 5.75 Å². The lowest BCUT2D eigenvalue weighted by Gasteiger charge is -2.35. The highest BCUT2D eigenvalue weighted by Gasteiger charge is 2.23. The fourth-order valence-electron chi connectivity index (χ4n) is 3.53. The fourth-order valence-corrected chi connectivity index (χ4v) is 3.72. The Kier molecular flexibility index (Phi) is 5.45. The Morgan fingerprint density at radius 1 is 1.14 bits per heavy atom. The minimum absolute atomic E-state index is 0.0654. The van der Waals surface area contributed by atoms with Gasteiger partial charge in [-0.25, -0.2) is 4.68 Å². The average molecular weight is 400 g/mol. The predicted molar refractivity (Wildman–Crippen MR) is 107 cm³/mol. The summed E-state index contributed by atoms with van der Waals surface area (Å²) in [6, 6.07) is 13.3. The number of halogens is 1. The molecule has 0 bridgehead atoms. The number of hydrogen-bond acceptors (Lipinski definition) is 5. The summed E-state index contributed by atoms with van der Waals surface area (Å²) in [7, 11) is 1.66. The SMILES string of the molecule is COc1ccc(Cl)cc1CN1CCN(C(=O)Cn2nnc3ccccc32)CC1. The van der Waals surface area contributed by atoms with E-state index in [1.54, 1.807) is 11.8 Å². The molecule has 0 aliphatic carbocycles. The Morgan fingerprint density at radius 3 is 2.71 bits per heavy atom. The predicted octanol–water partition coefficient (Wildman–Crippen LogP) is 2.44. The Morgan fingerprint density at radius 2 is 1.93 bits per heavy atom. The number of hydrogen-bond donors (Lipinski definition) is 0. The lowest BCUT2D eigenvalue weighted by molar-refractivity contribution is -0.133. The van der Waals surface area contributed by atoms with Crippen molar-refractivity contribution < 1.29 is 9.53 Å². The smallest absolute Gasteiger partial charge is 0.244 e. The number of benzene rings is 2. The zero-order chi connectivity index (χ0) is 19.5. The van der Waals surface area contributed by atoms with Crippen molar-refractivity contribution in [2.45, 2.75) is 13.1 Å². The first-order valence-electron chi connectivity index (χ1n) is 9.25. The number of aromatic nitrogens is 3. The van der Waals surface area contributed by atoms with Crippen LogP contribution in [0.3, 0.4) is 0 Å². The standard InChI is InChI=1S/C20H22ClN5O2/c1-28-19-7-6-16(21)12-15(19)13-24-8-10-25(11-9-24)20(27)14-26-18-5-3-2-4-17(18)22-23-26/h2-7,12H,8-11,13-14H2,1H3. The van der Waals surface area contributed by atoms with Crippen LogP contribution in [-0.2, 0) is 17.9 Å². The van der Waals surface area contributed by atoms with Crippen LogP contribution in [0.1, 0.15) is 5.56 Å². The van der Waals surface area contributed by atoms with E-state index in [1.807, 2.05) is 47.4 Å². The van der Waals surface area contributed by atoms with Crippen LogP contribution in [0, 0.1) is 0 Å². The number of amides is 1. The Labute approximate surface area is 168 Å². The lowest BCUT2D eigenvalue weighted by atomic mass is 10.1. The molecule has 0 atom stereocenters. The van der Waals surface area contributed by atoms with Crippen LogP contribution in [0.15, 0.2) is 42.5 Å². The molecular weight excluding hydrogens is 378 g/mol. The average Bonchev–Trinajstić information content (AvgIpc) is 3.12. The molecule has 0 N–H and O–H groups in total. The number of para-hydroxylation sites is 1. The van der Waals surface area contributed by atoms with Gasteiger partial charge < -0.3 is 9.64 Å². The summed E-state index contributed by atoms with van der Waals surface area (Å²) in [6.45, 7) is 3.95. The maximum atomic E-state index is 12.7. The summed E-state index contributed by atoms with van der Waals surface area (Å²) in [5, 5.41) is 8.92. The van der Waals surface area contributed by atoms with Crippen molar-refractivity contribution in [1.29, 1.82) is 0 Å². The summed E-state index contributed by atoms with van der Waals surface area (Å²) < 4.78 is 7.10. The summed E-state index contributed by atoms with van der Waals surface area (Å²) >= 11 is 6.13. The second kappa shape index (κ2) is 8.16. The van der Waals surface area contributed by atoms with Gasteiger partial charge in [-0.1, -0.05) is 28.9 Å². The highest BCUT2D eigenvalue weighted by Crippen LogP contribution is 2.24. The Bertz CT molecular complexity index is 982. The molecule has 1 fully saturated rings. The van der Waals surface area contributed by atoms with Gasteiger partial charge in [-0.2, -0.15) is 0 Å². The summed E-state index contributed by atoms with van der Waals surface area (Å²) in [5.74, 6) is 0.900. The molecule has 1 saturated heterocycles. The van der Waals surface area contributed by atoms with Crippen LogP contribution < -0.4 is 4.74 Å².